The van der Waals surface area contributed by atoms with Crippen molar-refractivity contribution in [2.45, 2.75) is 51.2 Å². The molecule has 4 rings (SSSR count). The predicted octanol–water partition coefficient (Wildman–Crippen LogP) is 3.55. The minimum absolute atomic E-state index is 0.0695. The van der Waals surface area contributed by atoms with E-state index in [0.29, 0.717) is 42.2 Å². The smallest absolute Gasteiger partial charge is 0.338 e. The Morgan fingerprint density at radius 1 is 1.09 bits per heavy atom. The van der Waals surface area contributed by atoms with Gasteiger partial charge in [-0.1, -0.05) is 12.5 Å². The molecule has 0 aliphatic carbocycles. The van der Waals surface area contributed by atoms with Crippen LogP contribution in [0.4, 0.5) is 5.69 Å². The molecule has 0 spiro atoms. The number of amides is 1. The normalized spacial score (nSPS) is 14.8. The maximum absolute atomic E-state index is 13.1. The summed E-state index contributed by atoms with van der Waals surface area (Å²) >= 11 is 0. The molecule has 1 amide bonds. The number of carbonyl (C=O) groups is 2. The summed E-state index contributed by atoms with van der Waals surface area (Å²) in [4.78, 5) is 28.6. The second-order valence-electron chi connectivity index (χ2n) is 8.23. The Balaban J connectivity index is 1.55. The standard InChI is InChI=1S/C24H28N4O5S/c1-3-28-22-11-10-20(34(31,32)27-12-5-4-6-13-27)15-21(22)26-23(28)16-33-24(30)18-8-7-9-19(14-18)25-17(2)29/h7-11,14-15H,3-6,12-13,16H2,1-2H3,(H,25,29). The van der Waals surface area contributed by atoms with Crippen molar-refractivity contribution in [1.82, 2.24) is 13.9 Å². The van der Waals surface area contributed by atoms with Crippen LogP contribution >= 0.6 is 0 Å². The number of esters is 1. The highest BCUT2D eigenvalue weighted by Crippen LogP contribution is 2.25. The van der Waals surface area contributed by atoms with Crippen LogP contribution in [0.25, 0.3) is 11.0 Å². The number of anilines is 1. The number of aryl methyl sites for hydroxylation is 1. The van der Waals surface area contributed by atoms with Crippen LogP contribution < -0.4 is 5.32 Å². The Bertz CT molecular complexity index is 1330. The van der Waals surface area contributed by atoms with E-state index in [1.165, 1.54) is 11.2 Å². The lowest BCUT2D eigenvalue weighted by Crippen LogP contribution is -2.35. The van der Waals surface area contributed by atoms with Gasteiger partial charge in [-0.05, 0) is 56.2 Å². The zero-order chi connectivity index (χ0) is 24.3. The monoisotopic (exact) mass is 484 g/mol. The van der Waals surface area contributed by atoms with Crippen LogP contribution in [0.2, 0.25) is 0 Å². The third kappa shape index (κ3) is 4.97. The molecule has 0 saturated carbocycles. The second-order valence-corrected chi connectivity index (χ2v) is 10.2. The number of rotatable bonds is 7. The van der Waals surface area contributed by atoms with Crippen LogP contribution in [0.1, 0.15) is 49.3 Å². The number of fused-ring (bicyclic) bond motifs is 1. The van der Waals surface area contributed by atoms with Gasteiger partial charge in [-0.3, -0.25) is 4.79 Å². The molecule has 1 aromatic heterocycles. The second kappa shape index (κ2) is 9.94. The Kier molecular flexibility index (Phi) is 6.99. The average Bonchev–Trinajstić information content (AvgIpc) is 3.19. The Morgan fingerprint density at radius 3 is 2.56 bits per heavy atom. The van der Waals surface area contributed by atoms with Crippen molar-refractivity contribution in [3.05, 3.63) is 53.9 Å². The number of piperidine rings is 1. The van der Waals surface area contributed by atoms with E-state index in [0.717, 1.165) is 24.8 Å². The first-order valence-electron chi connectivity index (χ1n) is 11.3. The van der Waals surface area contributed by atoms with Crippen molar-refractivity contribution >= 4 is 38.6 Å². The molecule has 1 saturated heterocycles. The molecule has 0 unspecified atom stereocenters. The minimum Gasteiger partial charge on any atom is -0.454 e. The lowest BCUT2D eigenvalue weighted by Gasteiger charge is -2.25. The van der Waals surface area contributed by atoms with Gasteiger partial charge in [0.05, 0.1) is 21.5 Å². The molecule has 2 heterocycles. The fourth-order valence-corrected chi connectivity index (χ4v) is 5.72. The van der Waals surface area contributed by atoms with Gasteiger partial charge in [0.1, 0.15) is 12.4 Å². The van der Waals surface area contributed by atoms with E-state index in [4.69, 9.17) is 4.74 Å². The molecule has 10 heteroatoms. The van der Waals surface area contributed by atoms with E-state index in [-0.39, 0.29) is 17.4 Å². The highest BCUT2D eigenvalue weighted by atomic mass is 32.2. The van der Waals surface area contributed by atoms with E-state index < -0.39 is 16.0 Å². The third-order valence-corrected chi connectivity index (χ3v) is 7.71. The van der Waals surface area contributed by atoms with Gasteiger partial charge >= 0.3 is 5.97 Å². The lowest BCUT2D eigenvalue weighted by atomic mass is 10.2. The van der Waals surface area contributed by atoms with E-state index in [9.17, 15) is 18.0 Å². The molecule has 1 fully saturated rings. The number of benzene rings is 2. The van der Waals surface area contributed by atoms with Crippen LogP contribution in [-0.4, -0.2) is 47.2 Å². The van der Waals surface area contributed by atoms with Crippen molar-refractivity contribution in [1.29, 1.82) is 0 Å². The molecule has 0 bridgehead atoms. The molecule has 0 atom stereocenters. The molecule has 3 aromatic rings. The van der Waals surface area contributed by atoms with Crippen molar-refractivity contribution in [2.24, 2.45) is 0 Å². The van der Waals surface area contributed by atoms with Crippen molar-refractivity contribution < 1.29 is 22.7 Å². The number of imidazole rings is 1. The molecule has 0 radical (unpaired) electrons. The van der Waals surface area contributed by atoms with Crippen LogP contribution in [0, 0.1) is 0 Å². The molecule has 2 aromatic carbocycles. The number of hydrogen-bond donors (Lipinski definition) is 1. The van der Waals surface area contributed by atoms with Crippen molar-refractivity contribution in [3.63, 3.8) is 0 Å². The first-order chi connectivity index (χ1) is 16.3. The molecular weight excluding hydrogens is 456 g/mol. The summed E-state index contributed by atoms with van der Waals surface area (Å²) in [6.07, 6.45) is 2.79. The molecule has 1 N–H and O–H groups in total. The summed E-state index contributed by atoms with van der Waals surface area (Å²) in [7, 11) is -3.57. The van der Waals surface area contributed by atoms with Gasteiger partial charge < -0.3 is 14.6 Å². The molecule has 34 heavy (non-hydrogen) atoms. The summed E-state index contributed by atoms with van der Waals surface area (Å²) in [6, 6.07) is 11.5. The van der Waals surface area contributed by atoms with Crippen LogP contribution in [0.3, 0.4) is 0 Å². The van der Waals surface area contributed by atoms with E-state index in [2.05, 4.69) is 10.3 Å². The fraction of sp³-hybridized carbons (Fsp3) is 0.375. The number of nitrogens with zero attached hydrogens (tertiary/aromatic N) is 3. The number of nitrogens with one attached hydrogen (secondary N) is 1. The average molecular weight is 485 g/mol. The maximum Gasteiger partial charge on any atom is 0.338 e. The summed E-state index contributed by atoms with van der Waals surface area (Å²) in [5.74, 6) is -0.254. The number of ether oxygens (including phenoxy) is 1. The van der Waals surface area contributed by atoms with Crippen LogP contribution in [0.5, 0.6) is 0 Å². The van der Waals surface area contributed by atoms with Crippen LogP contribution in [-0.2, 0) is 32.7 Å². The third-order valence-electron chi connectivity index (χ3n) is 5.82. The van der Waals surface area contributed by atoms with Gasteiger partial charge in [0.15, 0.2) is 0 Å². The zero-order valence-electron chi connectivity index (χ0n) is 19.3. The molecule has 1 aliphatic rings. The first kappa shape index (κ1) is 23.9. The van der Waals surface area contributed by atoms with Gasteiger partial charge in [0.25, 0.3) is 0 Å². The van der Waals surface area contributed by atoms with Gasteiger partial charge in [-0.2, -0.15) is 4.31 Å². The number of hydrogen-bond acceptors (Lipinski definition) is 6. The lowest BCUT2D eigenvalue weighted by molar-refractivity contribution is -0.114. The van der Waals surface area contributed by atoms with E-state index >= 15 is 0 Å². The minimum atomic E-state index is -3.57. The van der Waals surface area contributed by atoms with Crippen molar-refractivity contribution in [2.75, 3.05) is 18.4 Å². The molecular formula is C24H28N4O5S. The quantitative estimate of drug-likeness (QED) is 0.514. The van der Waals surface area contributed by atoms with Crippen molar-refractivity contribution in [3.8, 4) is 0 Å². The number of aromatic nitrogens is 2. The van der Waals surface area contributed by atoms with Gasteiger partial charge in [0, 0.05) is 32.2 Å². The summed E-state index contributed by atoms with van der Waals surface area (Å²) in [5, 5.41) is 2.64. The predicted molar refractivity (Wildman–Crippen MR) is 128 cm³/mol. The Labute approximate surface area is 198 Å². The van der Waals surface area contributed by atoms with Gasteiger partial charge in [-0.15, -0.1) is 0 Å². The van der Waals surface area contributed by atoms with Gasteiger partial charge in [0.2, 0.25) is 15.9 Å². The van der Waals surface area contributed by atoms with E-state index in [1.54, 1.807) is 42.5 Å². The first-order valence-corrected chi connectivity index (χ1v) is 12.8. The highest BCUT2D eigenvalue weighted by Gasteiger charge is 2.26. The summed E-state index contributed by atoms with van der Waals surface area (Å²) in [6.45, 7) is 4.92. The molecule has 180 valence electrons. The Morgan fingerprint density at radius 2 is 1.85 bits per heavy atom. The maximum atomic E-state index is 13.1. The largest absolute Gasteiger partial charge is 0.454 e. The van der Waals surface area contributed by atoms with Crippen LogP contribution in [0.15, 0.2) is 47.4 Å². The number of carbonyl (C=O) groups excluding carboxylic acids is 2. The Hall–Kier alpha value is -3.24. The number of sulfonamides is 1. The molecule has 1 aliphatic heterocycles. The molecule has 9 nitrogen and oxygen atoms in total. The SMILES string of the molecule is CCn1c(COC(=O)c2cccc(NC(C)=O)c2)nc2cc(S(=O)(=O)N3CCCCC3)ccc21. The topological polar surface area (TPSA) is 111 Å². The highest BCUT2D eigenvalue weighted by molar-refractivity contribution is 7.89. The zero-order valence-corrected chi connectivity index (χ0v) is 20.1. The van der Waals surface area contributed by atoms with E-state index in [1.807, 2.05) is 11.5 Å². The van der Waals surface area contributed by atoms with Gasteiger partial charge in [-0.25, -0.2) is 18.2 Å². The fourth-order valence-electron chi connectivity index (χ4n) is 4.18. The summed E-state index contributed by atoms with van der Waals surface area (Å²) in [5.41, 5.74) is 2.13. The summed E-state index contributed by atoms with van der Waals surface area (Å²) < 4.78 is 35.0.